The number of rotatable bonds is 6. The third kappa shape index (κ3) is 3.81. The van der Waals surface area contributed by atoms with Crippen molar-refractivity contribution in [2.24, 2.45) is 0 Å². The Morgan fingerprint density at radius 3 is 2.75 bits per heavy atom. The van der Waals surface area contributed by atoms with Crippen molar-refractivity contribution in [3.8, 4) is 0 Å². The molecular weight excluding hydrogens is 248 g/mol. The van der Waals surface area contributed by atoms with Crippen molar-refractivity contribution in [2.45, 2.75) is 39.3 Å². The van der Waals surface area contributed by atoms with Crippen molar-refractivity contribution in [3.05, 3.63) is 34.9 Å². The number of nitrogens with zero attached hydrogens (tertiary/aromatic N) is 1. The van der Waals surface area contributed by atoms with Gasteiger partial charge in [0.1, 0.15) is 0 Å². The highest BCUT2D eigenvalue weighted by Gasteiger charge is 2.24. The Balaban J connectivity index is 2.04. The fourth-order valence-electron chi connectivity index (χ4n) is 2.93. The van der Waals surface area contributed by atoms with Crippen LogP contribution in [0.1, 0.15) is 36.1 Å². The molecule has 1 aliphatic rings. The quantitative estimate of drug-likeness (QED) is 0.864. The average Bonchev–Trinajstić information content (AvgIpc) is 2.89. The molecule has 3 nitrogen and oxygen atoms in total. The summed E-state index contributed by atoms with van der Waals surface area (Å²) in [4.78, 5) is 2.51. The van der Waals surface area contributed by atoms with Crippen LogP contribution in [0.25, 0.3) is 0 Å². The third-order valence-electron chi connectivity index (χ3n) is 4.39. The molecule has 2 atom stereocenters. The molecule has 1 aromatic carbocycles. The van der Waals surface area contributed by atoms with E-state index in [4.69, 9.17) is 4.74 Å². The fourth-order valence-corrected chi connectivity index (χ4v) is 2.93. The molecule has 0 bridgehead atoms. The fraction of sp³-hybridized carbons (Fsp3) is 0.647. The molecular formula is C17H28N2O. The number of hydrogen-bond donors (Lipinski definition) is 1. The van der Waals surface area contributed by atoms with E-state index in [-0.39, 0.29) is 0 Å². The van der Waals surface area contributed by atoms with Gasteiger partial charge in [0.15, 0.2) is 0 Å². The van der Waals surface area contributed by atoms with E-state index in [1.807, 2.05) is 7.11 Å². The normalized spacial score (nSPS) is 21.3. The van der Waals surface area contributed by atoms with E-state index in [1.165, 1.54) is 16.7 Å². The summed E-state index contributed by atoms with van der Waals surface area (Å²) < 4.78 is 5.46. The Hall–Kier alpha value is -0.900. The van der Waals surface area contributed by atoms with Gasteiger partial charge < -0.3 is 10.1 Å². The molecule has 1 heterocycles. The van der Waals surface area contributed by atoms with E-state index in [0.717, 1.165) is 32.6 Å². The number of nitrogens with one attached hydrogen (secondary N) is 1. The molecule has 112 valence electrons. The van der Waals surface area contributed by atoms with Crippen LogP contribution in [-0.2, 0) is 4.74 Å². The molecule has 0 aliphatic carbocycles. The number of benzene rings is 1. The summed E-state index contributed by atoms with van der Waals surface area (Å²) in [6, 6.07) is 7.23. The Kier molecular flexibility index (Phi) is 5.58. The standard InChI is InChI=1S/C17H28N2O/c1-5-18-17(12-19-9-8-16(11-19)20-4)15-7-6-13(2)14(3)10-15/h6-7,10,16-18H,5,8-9,11-12H2,1-4H3. The number of likely N-dealkylation sites (tertiary alicyclic amines) is 1. The van der Waals surface area contributed by atoms with Crippen LogP contribution in [0, 0.1) is 13.8 Å². The number of likely N-dealkylation sites (N-methyl/N-ethyl adjacent to an activating group) is 1. The van der Waals surface area contributed by atoms with Crippen LogP contribution in [0.2, 0.25) is 0 Å². The molecule has 1 aliphatic heterocycles. The topological polar surface area (TPSA) is 24.5 Å². The van der Waals surface area contributed by atoms with E-state index in [0.29, 0.717) is 12.1 Å². The van der Waals surface area contributed by atoms with Gasteiger partial charge in [0.2, 0.25) is 0 Å². The van der Waals surface area contributed by atoms with E-state index in [1.54, 1.807) is 0 Å². The second kappa shape index (κ2) is 7.21. The maximum absolute atomic E-state index is 5.46. The highest BCUT2D eigenvalue weighted by atomic mass is 16.5. The minimum absolute atomic E-state index is 0.412. The largest absolute Gasteiger partial charge is 0.380 e. The summed E-state index contributed by atoms with van der Waals surface area (Å²) in [5, 5.41) is 3.62. The van der Waals surface area contributed by atoms with Gasteiger partial charge in [-0.3, -0.25) is 4.90 Å². The minimum Gasteiger partial charge on any atom is -0.380 e. The van der Waals surface area contributed by atoms with Crippen LogP contribution in [0.5, 0.6) is 0 Å². The Morgan fingerprint density at radius 1 is 1.35 bits per heavy atom. The lowest BCUT2D eigenvalue weighted by Gasteiger charge is -2.25. The van der Waals surface area contributed by atoms with Gasteiger partial charge in [-0.1, -0.05) is 25.1 Å². The molecule has 0 saturated carbocycles. The van der Waals surface area contributed by atoms with Gasteiger partial charge in [-0.05, 0) is 43.5 Å². The third-order valence-corrected chi connectivity index (χ3v) is 4.39. The van der Waals surface area contributed by atoms with Crippen LogP contribution >= 0.6 is 0 Å². The zero-order valence-electron chi connectivity index (χ0n) is 13.3. The van der Waals surface area contributed by atoms with Gasteiger partial charge in [-0.15, -0.1) is 0 Å². The summed E-state index contributed by atoms with van der Waals surface area (Å²) in [5.74, 6) is 0. The van der Waals surface area contributed by atoms with Crippen LogP contribution in [-0.4, -0.2) is 44.3 Å². The summed E-state index contributed by atoms with van der Waals surface area (Å²) in [6.45, 7) is 10.8. The minimum atomic E-state index is 0.412. The Labute approximate surface area is 123 Å². The van der Waals surface area contributed by atoms with E-state index in [9.17, 15) is 0 Å². The monoisotopic (exact) mass is 276 g/mol. The molecule has 2 rings (SSSR count). The van der Waals surface area contributed by atoms with Gasteiger partial charge in [-0.2, -0.15) is 0 Å². The average molecular weight is 276 g/mol. The van der Waals surface area contributed by atoms with Crippen LogP contribution < -0.4 is 5.32 Å². The van der Waals surface area contributed by atoms with Crippen LogP contribution in [0.3, 0.4) is 0 Å². The van der Waals surface area contributed by atoms with Crippen molar-refractivity contribution in [1.82, 2.24) is 10.2 Å². The maximum Gasteiger partial charge on any atom is 0.0710 e. The van der Waals surface area contributed by atoms with Gasteiger partial charge in [0.05, 0.1) is 6.10 Å². The number of methoxy groups -OCH3 is 1. The van der Waals surface area contributed by atoms with E-state index in [2.05, 4.69) is 49.2 Å². The van der Waals surface area contributed by atoms with Crippen molar-refractivity contribution < 1.29 is 4.74 Å². The summed E-state index contributed by atoms with van der Waals surface area (Å²) >= 11 is 0. The van der Waals surface area contributed by atoms with Crippen molar-refractivity contribution in [2.75, 3.05) is 33.3 Å². The van der Waals surface area contributed by atoms with Crippen LogP contribution in [0.15, 0.2) is 18.2 Å². The van der Waals surface area contributed by atoms with Gasteiger partial charge in [0, 0.05) is 32.8 Å². The lowest BCUT2D eigenvalue weighted by atomic mass is 10.0. The molecule has 0 spiro atoms. The number of ether oxygens (including phenoxy) is 1. The predicted molar refractivity (Wildman–Crippen MR) is 84.2 cm³/mol. The SMILES string of the molecule is CCNC(CN1CCC(OC)C1)c1ccc(C)c(C)c1. The molecule has 0 amide bonds. The first kappa shape index (κ1) is 15.5. The van der Waals surface area contributed by atoms with Crippen molar-refractivity contribution >= 4 is 0 Å². The van der Waals surface area contributed by atoms with Crippen molar-refractivity contribution in [1.29, 1.82) is 0 Å². The zero-order valence-corrected chi connectivity index (χ0v) is 13.3. The van der Waals surface area contributed by atoms with E-state index < -0.39 is 0 Å². The first-order valence-corrected chi connectivity index (χ1v) is 7.69. The molecule has 1 fully saturated rings. The molecule has 0 radical (unpaired) electrons. The Bertz CT molecular complexity index is 433. The number of hydrogen-bond acceptors (Lipinski definition) is 3. The van der Waals surface area contributed by atoms with Crippen molar-refractivity contribution in [3.63, 3.8) is 0 Å². The second-order valence-electron chi connectivity index (χ2n) is 5.86. The summed E-state index contributed by atoms with van der Waals surface area (Å²) in [7, 11) is 1.82. The smallest absolute Gasteiger partial charge is 0.0710 e. The molecule has 1 saturated heterocycles. The van der Waals surface area contributed by atoms with E-state index >= 15 is 0 Å². The van der Waals surface area contributed by atoms with Gasteiger partial charge in [-0.25, -0.2) is 0 Å². The first-order valence-electron chi connectivity index (χ1n) is 7.69. The number of aryl methyl sites for hydroxylation is 2. The lowest BCUT2D eigenvalue weighted by Crippen LogP contribution is -2.34. The highest BCUT2D eigenvalue weighted by molar-refractivity contribution is 5.32. The summed E-state index contributed by atoms with van der Waals surface area (Å²) in [5.41, 5.74) is 4.14. The van der Waals surface area contributed by atoms with Crippen LogP contribution in [0.4, 0.5) is 0 Å². The molecule has 2 unspecified atom stereocenters. The molecule has 0 aromatic heterocycles. The molecule has 1 aromatic rings. The zero-order chi connectivity index (χ0) is 14.5. The predicted octanol–water partition coefficient (Wildman–Crippen LogP) is 2.67. The Morgan fingerprint density at radius 2 is 2.15 bits per heavy atom. The molecule has 20 heavy (non-hydrogen) atoms. The maximum atomic E-state index is 5.46. The van der Waals surface area contributed by atoms with Gasteiger partial charge in [0.25, 0.3) is 0 Å². The second-order valence-corrected chi connectivity index (χ2v) is 5.86. The first-order chi connectivity index (χ1) is 9.63. The molecule has 1 N–H and O–H groups in total. The van der Waals surface area contributed by atoms with Gasteiger partial charge >= 0.3 is 0 Å². The summed E-state index contributed by atoms with van der Waals surface area (Å²) in [6.07, 6.45) is 1.57. The highest BCUT2D eigenvalue weighted by Crippen LogP contribution is 2.21. The lowest BCUT2D eigenvalue weighted by molar-refractivity contribution is 0.106. The molecule has 3 heteroatoms.